The van der Waals surface area contributed by atoms with Crippen molar-refractivity contribution in [1.82, 2.24) is 0 Å². The van der Waals surface area contributed by atoms with Crippen molar-refractivity contribution in [1.29, 1.82) is 0 Å². The Labute approximate surface area is 277 Å². The molecule has 0 aliphatic heterocycles. The fourth-order valence-electron chi connectivity index (χ4n) is 2.72. The molecule has 43 heavy (non-hydrogen) atoms. The molecular weight excluding hydrogens is 645 g/mol. The predicted molar refractivity (Wildman–Crippen MR) is 174 cm³/mol. The summed E-state index contributed by atoms with van der Waals surface area (Å²) in [5.41, 5.74) is -1.51. The fraction of sp³-hybridized carbons (Fsp3) is 0.778. The molecule has 16 heteroatoms. The van der Waals surface area contributed by atoms with Crippen molar-refractivity contribution in [3.63, 3.8) is 0 Å². The highest BCUT2D eigenvalue weighted by atomic mass is 32.1. The van der Waals surface area contributed by atoms with E-state index in [0.717, 1.165) is 0 Å². The number of thiol groups is 4. The van der Waals surface area contributed by atoms with Crippen LogP contribution >= 0.6 is 50.5 Å². The number of carbonyl (C=O) groups is 6. The maximum atomic E-state index is 11.5. The van der Waals surface area contributed by atoms with Crippen LogP contribution in [0.1, 0.15) is 60.8 Å². The highest BCUT2D eigenvalue weighted by Crippen LogP contribution is 2.25. The molecule has 0 saturated carbocycles. The van der Waals surface area contributed by atoms with Gasteiger partial charge in [0.2, 0.25) is 0 Å². The molecule has 12 nitrogen and oxygen atoms in total. The van der Waals surface area contributed by atoms with E-state index >= 15 is 0 Å². The van der Waals surface area contributed by atoms with Crippen LogP contribution in [0.4, 0.5) is 0 Å². The molecule has 0 aromatic rings. The van der Waals surface area contributed by atoms with E-state index < -0.39 is 46.6 Å². The molecule has 0 spiro atoms. The Morgan fingerprint density at radius 1 is 0.488 bits per heavy atom. The van der Waals surface area contributed by atoms with E-state index in [1.165, 1.54) is 13.8 Å². The second kappa shape index (κ2) is 26.6. The van der Waals surface area contributed by atoms with Crippen molar-refractivity contribution in [2.75, 3.05) is 62.7 Å². The highest BCUT2D eigenvalue weighted by molar-refractivity contribution is 7.81. The molecule has 0 bridgehead atoms. The van der Waals surface area contributed by atoms with Crippen LogP contribution in [0, 0.1) is 10.8 Å². The summed E-state index contributed by atoms with van der Waals surface area (Å²) < 4.78 is 30.4. The summed E-state index contributed by atoms with van der Waals surface area (Å²) in [6, 6.07) is 0. The number of esters is 6. The first kappa shape index (κ1) is 45.6. The Bertz CT molecular complexity index is 812. The zero-order chi connectivity index (χ0) is 32.6. The quantitative estimate of drug-likeness (QED) is 0.0841. The Morgan fingerprint density at radius 3 is 0.953 bits per heavy atom. The van der Waals surface area contributed by atoms with E-state index in [0.29, 0.717) is 24.3 Å². The molecule has 0 N–H and O–H groups in total. The summed E-state index contributed by atoms with van der Waals surface area (Å²) in [5, 5.41) is 0. The van der Waals surface area contributed by atoms with Crippen molar-refractivity contribution in [3.05, 3.63) is 0 Å². The number of hydrogen-bond acceptors (Lipinski definition) is 16. The summed E-state index contributed by atoms with van der Waals surface area (Å²) >= 11 is 15.5. The minimum absolute atomic E-state index is 0. The van der Waals surface area contributed by atoms with Crippen LogP contribution in [0.15, 0.2) is 0 Å². The van der Waals surface area contributed by atoms with Crippen LogP contribution in [0.5, 0.6) is 0 Å². The molecule has 0 aromatic heterocycles. The smallest absolute Gasteiger partial charge is 0.315 e. The summed E-state index contributed by atoms with van der Waals surface area (Å²) in [4.78, 5) is 67.3. The predicted octanol–water partition coefficient (Wildman–Crippen LogP) is 3.20. The maximum Gasteiger partial charge on any atom is 0.315 e. The monoisotopic (exact) mass is 692 g/mol. The molecule has 0 unspecified atom stereocenters. The largest absolute Gasteiger partial charge is 0.465 e. The van der Waals surface area contributed by atoms with E-state index in [1.807, 2.05) is 13.8 Å². The Kier molecular flexibility index (Phi) is 28.2. The molecule has 0 saturated heterocycles. The van der Waals surface area contributed by atoms with E-state index in [-0.39, 0.29) is 71.4 Å². The van der Waals surface area contributed by atoms with Gasteiger partial charge in [-0.2, -0.15) is 50.5 Å². The first-order valence-corrected chi connectivity index (χ1v) is 15.6. The second-order valence-corrected chi connectivity index (χ2v) is 10.7. The van der Waals surface area contributed by atoms with Gasteiger partial charge in [0, 0.05) is 25.4 Å². The van der Waals surface area contributed by atoms with Crippen molar-refractivity contribution >= 4 is 86.3 Å². The first-order chi connectivity index (χ1) is 19.8. The Hall–Kier alpha value is -1.78. The lowest BCUT2D eigenvalue weighted by atomic mass is 9.88. The molecule has 252 valence electrons. The molecule has 0 aliphatic rings. The van der Waals surface area contributed by atoms with Crippen LogP contribution < -0.4 is 0 Å². The molecule has 0 aromatic carbocycles. The van der Waals surface area contributed by atoms with Crippen LogP contribution in [-0.4, -0.2) is 98.5 Å². The summed E-state index contributed by atoms with van der Waals surface area (Å²) in [7, 11) is 0. The van der Waals surface area contributed by atoms with Crippen molar-refractivity contribution < 1.29 is 57.2 Å². The first-order valence-electron chi connectivity index (χ1n) is 13.1. The van der Waals surface area contributed by atoms with E-state index in [1.54, 1.807) is 0 Å². The Morgan fingerprint density at radius 2 is 0.744 bits per heavy atom. The van der Waals surface area contributed by atoms with Gasteiger partial charge in [0.05, 0.1) is 35.2 Å². The van der Waals surface area contributed by atoms with Gasteiger partial charge in [0.15, 0.2) is 0 Å². The summed E-state index contributed by atoms with van der Waals surface area (Å²) in [6.45, 7) is 6.25. The zero-order valence-electron chi connectivity index (χ0n) is 24.6. The van der Waals surface area contributed by atoms with Gasteiger partial charge in [-0.15, -0.1) is 0 Å². The second-order valence-electron chi connectivity index (χ2n) is 9.17. The van der Waals surface area contributed by atoms with Gasteiger partial charge >= 0.3 is 35.8 Å². The normalized spacial score (nSPS) is 10.6. The zero-order valence-corrected chi connectivity index (χ0v) is 28.2. The van der Waals surface area contributed by atoms with Gasteiger partial charge in [0.1, 0.15) is 39.6 Å². The lowest BCUT2D eigenvalue weighted by molar-refractivity contribution is -0.162. The SMILES string of the molecule is C.CCC(COC(C)=O)(COC(=O)CCS)COC(=O)CCS.CCC(COC(C)=O)(COC(=O)CS)COC(=O)CS. The molecule has 0 aliphatic carbocycles. The van der Waals surface area contributed by atoms with Gasteiger partial charge in [-0.25, -0.2) is 0 Å². The van der Waals surface area contributed by atoms with Crippen LogP contribution in [0.2, 0.25) is 0 Å². The van der Waals surface area contributed by atoms with Crippen molar-refractivity contribution in [3.8, 4) is 0 Å². The van der Waals surface area contributed by atoms with Gasteiger partial charge < -0.3 is 28.4 Å². The average molecular weight is 693 g/mol. The molecule has 0 radical (unpaired) electrons. The van der Waals surface area contributed by atoms with Gasteiger partial charge in [-0.05, 0) is 12.8 Å². The number of carbonyl (C=O) groups excluding carboxylic acids is 6. The van der Waals surface area contributed by atoms with Gasteiger partial charge in [0.25, 0.3) is 0 Å². The van der Waals surface area contributed by atoms with Crippen molar-refractivity contribution in [2.45, 2.75) is 60.8 Å². The van der Waals surface area contributed by atoms with Crippen LogP contribution in [-0.2, 0) is 57.2 Å². The number of hydrogen-bond donors (Lipinski definition) is 4. The maximum absolute atomic E-state index is 11.5. The number of ether oxygens (including phenoxy) is 6. The Balaban J connectivity index is -0.000000730. The average Bonchev–Trinajstić information content (AvgIpc) is 2.97. The minimum atomic E-state index is -0.761. The van der Waals surface area contributed by atoms with E-state index in [2.05, 4.69) is 50.5 Å². The lowest BCUT2D eigenvalue weighted by Crippen LogP contribution is -2.39. The molecule has 0 fully saturated rings. The highest BCUT2D eigenvalue weighted by Gasteiger charge is 2.34. The summed E-state index contributed by atoms with van der Waals surface area (Å²) in [5.74, 6) is -1.99. The molecule has 0 heterocycles. The fourth-order valence-corrected chi connectivity index (χ4v) is 3.27. The summed E-state index contributed by atoms with van der Waals surface area (Å²) in [6.07, 6.45) is 1.40. The topological polar surface area (TPSA) is 158 Å². The molecular formula is C27H48O12S4. The minimum Gasteiger partial charge on any atom is -0.465 e. The third-order valence-corrected chi connectivity index (χ3v) is 6.67. The molecule has 0 amide bonds. The van der Waals surface area contributed by atoms with Crippen molar-refractivity contribution in [2.24, 2.45) is 10.8 Å². The standard InChI is InChI=1S/C14H24O6S2.C12H20O6S2.CH4/c1-3-14(8-18-11(2)15,9-19-12(16)4-6-21)10-20-13(17)5-7-22;1-3-12(6-16-9(2)13,7-17-10(14)4-19)8-18-11(15)5-20;/h21-22H,3-10H2,1-2H3;19-20H,3-8H2,1-2H3;1H4. The van der Waals surface area contributed by atoms with E-state index in [4.69, 9.17) is 28.4 Å². The molecule has 0 atom stereocenters. The van der Waals surface area contributed by atoms with Crippen LogP contribution in [0.3, 0.4) is 0 Å². The van der Waals surface area contributed by atoms with E-state index in [9.17, 15) is 28.8 Å². The van der Waals surface area contributed by atoms with Gasteiger partial charge in [-0.3, -0.25) is 28.8 Å². The molecule has 0 rings (SSSR count). The van der Waals surface area contributed by atoms with Gasteiger partial charge in [-0.1, -0.05) is 21.3 Å². The third kappa shape index (κ3) is 23.3. The number of rotatable bonds is 20. The lowest BCUT2D eigenvalue weighted by Gasteiger charge is -2.30. The third-order valence-electron chi connectivity index (χ3n) is 5.71. The van der Waals surface area contributed by atoms with Crippen LogP contribution in [0.25, 0.3) is 0 Å².